The van der Waals surface area contributed by atoms with Gasteiger partial charge in [-0.15, -0.1) is 0 Å². The maximum Gasteiger partial charge on any atom is 0.317 e. The fourth-order valence-electron chi connectivity index (χ4n) is 1.21. The monoisotopic (exact) mass is 250 g/mol. The number of nitrogens with zero attached hydrogens (tertiary/aromatic N) is 2. The number of aromatic nitrogens is 2. The predicted octanol–water partition coefficient (Wildman–Crippen LogP) is 1.95. The average molecular weight is 250 g/mol. The first-order chi connectivity index (χ1) is 8.20. The van der Waals surface area contributed by atoms with Gasteiger partial charge in [0.15, 0.2) is 5.82 Å². The number of hydrogen-bond donors (Lipinski definition) is 0. The molecule has 0 fully saturated rings. The molecule has 1 aromatic heterocycles. The van der Waals surface area contributed by atoms with Gasteiger partial charge in [0.2, 0.25) is 5.78 Å². The van der Waals surface area contributed by atoms with Gasteiger partial charge in [-0.3, -0.25) is 9.59 Å². The molecular formula is C13H18N2O3. The summed E-state index contributed by atoms with van der Waals surface area (Å²) in [7, 11) is 0. The fourth-order valence-corrected chi connectivity index (χ4v) is 1.21. The summed E-state index contributed by atoms with van der Waals surface area (Å²) in [6.45, 7) is 8.59. The smallest absolute Gasteiger partial charge is 0.317 e. The molecule has 1 unspecified atom stereocenters. The molecule has 1 rings (SSSR count). The number of Topliss-reactive ketones (excluding diaryl/α,β-unsaturated/α-hetero) is 1. The topological polar surface area (TPSA) is 69.2 Å². The summed E-state index contributed by atoms with van der Waals surface area (Å²) in [5.74, 6) is -1.84. The van der Waals surface area contributed by atoms with Crippen LogP contribution in [0.2, 0.25) is 0 Å². The van der Waals surface area contributed by atoms with Crippen LogP contribution < -0.4 is 0 Å². The van der Waals surface area contributed by atoms with Crippen molar-refractivity contribution in [1.82, 2.24) is 9.97 Å². The Morgan fingerprint density at radius 2 is 1.72 bits per heavy atom. The number of esters is 1. The van der Waals surface area contributed by atoms with Gasteiger partial charge in [-0.25, -0.2) is 9.97 Å². The van der Waals surface area contributed by atoms with E-state index in [0.29, 0.717) is 0 Å². The lowest BCUT2D eigenvalue weighted by Gasteiger charge is -2.21. The summed E-state index contributed by atoms with van der Waals surface area (Å²) in [6.07, 6.45) is 3.09. The Bertz CT molecular complexity index is 446. The number of ether oxygens (including phenoxy) is 1. The third-order valence-corrected chi connectivity index (χ3v) is 2.15. The number of aryl methyl sites for hydroxylation is 1. The van der Waals surface area contributed by atoms with Gasteiger partial charge in [0.05, 0.1) is 0 Å². The van der Waals surface area contributed by atoms with E-state index < -0.39 is 23.3 Å². The summed E-state index contributed by atoms with van der Waals surface area (Å²) in [4.78, 5) is 31.5. The Hall–Kier alpha value is -1.78. The van der Waals surface area contributed by atoms with Crippen molar-refractivity contribution in [3.8, 4) is 0 Å². The van der Waals surface area contributed by atoms with E-state index in [0.717, 1.165) is 5.56 Å². The Morgan fingerprint density at radius 1 is 1.22 bits per heavy atom. The first-order valence-electron chi connectivity index (χ1n) is 5.76. The van der Waals surface area contributed by atoms with Gasteiger partial charge in [-0.2, -0.15) is 0 Å². The van der Waals surface area contributed by atoms with Crippen LogP contribution >= 0.6 is 0 Å². The van der Waals surface area contributed by atoms with Crippen molar-refractivity contribution >= 4 is 11.8 Å². The van der Waals surface area contributed by atoms with Crippen LogP contribution in [0, 0.1) is 12.8 Å². The molecule has 0 amide bonds. The number of hydrogen-bond acceptors (Lipinski definition) is 5. The lowest BCUT2D eigenvalue weighted by molar-refractivity contribution is -0.157. The molecule has 1 heterocycles. The van der Waals surface area contributed by atoms with Gasteiger partial charge in [-0.1, -0.05) is 0 Å². The number of carbonyl (C=O) groups excluding carboxylic acids is 2. The van der Waals surface area contributed by atoms with Gasteiger partial charge in [-0.05, 0) is 40.2 Å². The largest absolute Gasteiger partial charge is 0.459 e. The highest BCUT2D eigenvalue weighted by Gasteiger charge is 2.29. The average Bonchev–Trinajstić information content (AvgIpc) is 2.26. The lowest BCUT2D eigenvalue weighted by Crippen LogP contribution is -2.31. The second-order valence-electron chi connectivity index (χ2n) is 5.20. The Kier molecular flexibility index (Phi) is 4.16. The number of ketones is 1. The molecule has 18 heavy (non-hydrogen) atoms. The fraction of sp³-hybridized carbons (Fsp3) is 0.538. The standard InChI is InChI=1S/C13H18N2O3/c1-8-6-14-11(15-7-8)10(16)9(2)12(17)18-13(3,4)5/h6-7,9H,1-5H3. The van der Waals surface area contributed by atoms with Crippen LogP contribution in [-0.4, -0.2) is 27.3 Å². The highest BCUT2D eigenvalue weighted by Crippen LogP contribution is 2.13. The minimum Gasteiger partial charge on any atom is -0.459 e. The maximum absolute atomic E-state index is 12.0. The molecule has 0 aliphatic rings. The number of carbonyl (C=O) groups is 2. The molecule has 0 radical (unpaired) electrons. The molecule has 5 nitrogen and oxygen atoms in total. The third kappa shape index (κ3) is 3.91. The third-order valence-electron chi connectivity index (χ3n) is 2.15. The van der Waals surface area contributed by atoms with Crippen LogP contribution in [0.15, 0.2) is 12.4 Å². The SMILES string of the molecule is Cc1cnc(C(=O)C(C)C(=O)OC(C)(C)C)nc1. The molecule has 0 N–H and O–H groups in total. The zero-order chi connectivity index (χ0) is 13.9. The molecule has 0 bridgehead atoms. The normalized spacial score (nSPS) is 12.9. The summed E-state index contributed by atoms with van der Waals surface area (Å²) in [5, 5.41) is 0. The van der Waals surface area contributed by atoms with E-state index in [1.165, 1.54) is 6.92 Å². The molecule has 5 heteroatoms. The summed E-state index contributed by atoms with van der Waals surface area (Å²) in [6, 6.07) is 0. The molecule has 0 aliphatic heterocycles. The molecule has 1 aromatic rings. The van der Waals surface area contributed by atoms with Gasteiger partial charge < -0.3 is 4.74 Å². The minimum atomic E-state index is -0.896. The minimum absolute atomic E-state index is 0.0407. The van der Waals surface area contributed by atoms with Crippen molar-refractivity contribution in [3.63, 3.8) is 0 Å². The maximum atomic E-state index is 12.0. The summed E-state index contributed by atoms with van der Waals surface area (Å²) < 4.78 is 5.15. The predicted molar refractivity (Wildman–Crippen MR) is 66.1 cm³/mol. The molecule has 0 saturated heterocycles. The second-order valence-corrected chi connectivity index (χ2v) is 5.20. The Labute approximate surface area is 107 Å². The first kappa shape index (κ1) is 14.3. The molecule has 0 aromatic carbocycles. The van der Waals surface area contributed by atoms with E-state index in [1.807, 2.05) is 6.92 Å². The molecule has 98 valence electrons. The highest BCUT2D eigenvalue weighted by atomic mass is 16.6. The van der Waals surface area contributed by atoms with E-state index in [4.69, 9.17) is 4.74 Å². The first-order valence-corrected chi connectivity index (χ1v) is 5.76. The highest BCUT2D eigenvalue weighted by molar-refractivity contribution is 6.06. The van der Waals surface area contributed by atoms with E-state index in [-0.39, 0.29) is 5.82 Å². The van der Waals surface area contributed by atoms with E-state index in [2.05, 4.69) is 9.97 Å². The van der Waals surface area contributed by atoms with E-state index in [9.17, 15) is 9.59 Å². The molecule has 1 atom stereocenters. The zero-order valence-corrected chi connectivity index (χ0v) is 11.4. The van der Waals surface area contributed by atoms with E-state index in [1.54, 1.807) is 33.2 Å². The number of rotatable bonds is 3. The van der Waals surface area contributed by atoms with Crippen LogP contribution in [0.4, 0.5) is 0 Å². The van der Waals surface area contributed by atoms with Crippen LogP contribution in [0.25, 0.3) is 0 Å². The van der Waals surface area contributed by atoms with Crippen molar-refractivity contribution in [2.75, 3.05) is 0 Å². The molecule has 0 spiro atoms. The van der Waals surface area contributed by atoms with Gasteiger partial charge >= 0.3 is 5.97 Å². The van der Waals surface area contributed by atoms with E-state index >= 15 is 0 Å². The molecule has 0 aliphatic carbocycles. The Morgan fingerprint density at radius 3 is 2.17 bits per heavy atom. The van der Waals surface area contributed by atoms with Crippen LogP contribution in [0.1, 0.15) is 43.9 Å². The molecular weight excluding hydrogens is 232 g/mol. The summed E-state index contributed by atoms with van der Waals surface area (Å²) in [5.41, 5.74) is 0.246. The molecule has 0 saturated carbocycles. The second kappa shape index (κ2) is 5.25. The quantitative estimate of drug-likeness (QED) is 0.466. The van der Waals surface area contributed by atoms with Gasteiger partial charge in [0, 0.05) is 12.4 Å². The van der Waals surface area contributed by atoms with Crippen molar-refractivity contribution in [3.05, 3.63) is 23.8 Å². The van der Waals surface area contributed by atoms with Crippen LogP contribution in [0.5, 0.6) is 0 Å². The Balaban J connectivity index is 2.78. The zero-order valence-electron chi connectivity index (χ0n) is 11.4. The van der Waals surface area contributed by atoms with Crippen LogP contribution in [-0.2, 0) is 9.53 Å². The lowest BCUT2D eigenvalue weighted by atomic mass is 10.1. The van der Waals surface area contributed by atoms with Crippen molar-refractivity contribution in [2.24, 2.45) is 5.92 Å². The van der Waals surface area contributed by atoms with Crippen molar-refractivity contribution in [2.45, 2.75) is 40.2 Å². The van der Waals surface area contributed by atoms with Crippen molar-refractivity contribution < 1.29 is 14.3 Å². The summed E-state index contributed by atoms with van der Waals surface area (Å²) >= 11 is 0. The van der Waals surface area contributed by atoms with Gasteiger partial charge in [0.25, 0.3) is 0 Å². The van der Waals surface area contributed by atoms with Gasteiger partial charge in [0.1, 0.15) is 11.5 Å². The van der Waals surface area contributed by atoms with Crippen LogP contribution in [0.3, 0.4) is 0 Å². The van der Waals surface area contributed by atoms with Crippen molar-refractivity contribution in [1.29, 1.82) is 0 Å².